The van der Waals surface area contributed by atoms with Crippen LogP contribution in [0.1, 0.15) is 12.1 Å². The van der Waals surface area contributed by atoms with E-state index in [1.54, 1.807) is 12.2 Å². The van der Waals surface area contributed by atoms with Crippen molar-refractivity contribution in [2.24, 2.45) is 0 Å². The van der Waals surface area contributed by atoms with Crippen molar-refractivity contribution < 1.29 is 9.72 Å². The Bertz CT molecular complexity index is 357. The molecule has 0 unspecified atom stereocenters. The fourth-order valence-corrected chi connectivity index (χ4v) is 0.848. The van der Waals surface area contributed by atoms with Gasteiger partial charge in [0.15, 0.2) is 0 Å². The molecule has 0 amide bonds. The Morgan fingerprint density at radius 1 is 1.50 bits per heavy atom. The fraction of sp³-hybridized carbons (Fsp3) is 0.111. The van der Waals surface area contributed by atoms with Crippen LogP contribution in [0, 0.1) is 10.1 Å². The van der Waals surface area contributed by atoms with Crippen LogP contribution in [-0.2, 0) is 4.79 Å². The highest BCUT2D eigenvalue weighted by Gasteiger charge is 2.02. The van der Waals surface area contributed by atoms with E-state index in [0.717, 1.165) is 6.29 Å². The molecule has 0 aliphatic rings. The normalized spacial score (nSPS) is 10.3. The zero-order valence-corrected chi connectivity index (χ0v) is 7.29. The van der Waals surface area contributed by atoms with Gasteiger partial charge in [0.1, 0.15) is 12.5 Å². The van der Waals surface area contributed by atoms with Gasteiger partial charge in [0.05, 0.1) is 10.6 Å². The van der Waals surface area contributed by atoms with Gasteiger partial charge in [0.25, 0.3) is 5.69 Å². The summed E-state index contributed by atoms with van der Waals surface area (Å²) in [6.45, 7) is 0. The Morgan fingerprint density at radius 2 is 2.29 bits per heavy atom. The molecule has 0 radical (unpaired) electrons. The highest BCUT2D eigenvalue weighted by Crippen LogP contribution is 2.09. The van der Waals surface area contributed by atoms with Crippen LogP contribution in [0.5, 0.6) is 0 Å². The predicted octanol–water partition coefficient (Wildman–Crippen LogP) is 1.59. The van der Waals surface area contributed by atoms with Crippen molar-refractivity contribution in [2.45, 2.75) is 6.42 Å². The summed E-state index contributed by atoms with van der Waals surface area (Å²) in [6, 6.07) is 2.90. The number of rotatable bonds is 4. The lowest BCUT2D eigenvalue weighted by Gasteiger charge is -1.91. The number of hydrogen-bond acceptors (Lipinski definition) is 4. The predicted molar refractivity (Wildman–Crippen MR) is 50.6 cm³/mol. The molecule has 0 N–H and O–H groups in total. The molecule has 5 heteroatoms. The number of aldehydes is 1. The Kier molecular flexibility index (Phi) is 3.49. The maximum absolute atomic E-state index is 10.3. The van der Waals surface area contributed by atoms with Gasteiger partial charge in [0, 0.05) is 12.5 Å². The Labute approximate surface area is 80.2 Å². The van der Waals surface area contributed by atoms with Crippen LogP contribution in [0.4, 0.5) is 5.69 Å². The fourth-order valence-electron chi connectivity index (χ4n) is 0.848. The molecule has 1 aromatic rings. The van der Waals surface area contributed by atoms with E-state index in [9.17, 15) is 14.9 Å². The lowest BCUT2D eigenvalue weighted by atomic mass is 10.3. The van der Waals surface area contributed by atoms with Crippen molar-refractivity contribution in [2.75, 3.05) is 0 Å². The SMILES string of the molecule is O=CCC=Cc1ccc([N+](=O)[O-])cn1. The molecular formula is C9H8N2O3. The van der Waals surface area contributed by atoms with Gasteiger partial charge in [-0.05, 0) is 12.1 Å². The standard InChI is InChI=1S/C9H8N2O3/c12-6-2-1-3-8-4-5-9(7-10-8)11(13)14/h1,3-7H,2H2. The maximum Gasteiger partial charge on any atom is 0.287 e. The first-order valence-corrected chi connectivity index (χ1v) is 3.94. The van der Waals surface area contributed by atoms with Crippen LogP contribution in [0.25, 0.3) is 6.08 Å². The van der Waals surface area contributed by atoms with Crippen LogP contribution in [0.3, 0.4) is 0 Å². The minimum Gasteiger partial charge on any atom is -0.303 e. The molecule has 0 spiro atoms. The van der Waals surface area contributed by atoms with Gasteiger partial charge in [-0.1, -0.05) is 6.08 Å². The average molecular weight is 192 g/mol. The summed E-state index contributed by atoms with van der Waals surface area (Å²) in [5.74, 6) is 0. The zero-order valence-electron chi connectivity index (χ0n) is 7.29. The maximum atomic E-state index is 10.3. The second-order valence-corrected chi connectivity index (χ2v) is 2.50. The van der Waals surface area contributed by atoms with Crippen molar-refractivity contribution in [3.8, 4) is 0 Å². The molecule has 0 bridgehead atoms. The second kappa shape index (κ2) is 4.86. The Balaban J connectivity index is 2.73. The lowest BCUT2D eigenvalue weighted by Crippen LogP contribution is -1.89. The molecule has 5 nitrogen and oxygen atoms in total. The molecule has 1 rings (SSSR count). The molecule has 72 valence electrons. The molecule has 14 heavy (non-hydrogen) atoms. The van der Waals surface area contributed by atoms with Gasteiger partial charge >= 0.3 is 0 Å². The van der Waals surface area contributed by atoms with Crippen LogP contribution in [-0.4, -0.2) is 16.2 Å². The summed E-state index contributed by atoms with van der Waals surface area (Å²) in [5.41, 5.74) is 0.551. The monoisotopic (exact) mass is 192 g/mol. The van der Waals surface area contributed by atoms with Crippen LogP contribution in [0.2, 0.25) is 0 Å². The van der Waals surface area contributed by atoms with Crippen molar-refractivity contribution in [3.63, 3.8) is 0 Å². The van der Waals surface area contributed by atoms with Crippen LogP contribution in [0.15, 0.2) is 24.4 Å². The molecule has 0 saturated carbocycles. The largest absolute Gasteiger partial charge is 0.303 e. The average Bonchev–Trinajstić information content (AvgIpc) is 2.19. The molecule has 1 aromatic heterocycles. The number of nitrogens with zero attached hydrogens (tertiary/aromatic N) is 2. The molecule has 0 aliphatic heterocycles. The lowest BCUT2D eigenvalue weighted by molar-refractivity contribution is -0.385. The molecule has 0 aliphatic carbocycles. The molecule has 1 heterocycles. The Morgan fingerprint density at radius 3 is 2.79 bits per heavy atom. The van der Waals surface area contributed by atoms with Gasteiger partial charge in [0.2, 0.25) is 0 Å². The van der Waals surface area contributed by atoms with Gasteiger partial charge in [-0.3, -0.25) is 10.1 Å². The number of allylic oxidation sites excluding steroid dienone is 1. The highest BCUT2D eigenvalue weighted by molar-refractivity contribution is 5.56. The molecule has 0 aromatic carbocycles. The number of hydrogen-bond donors (Lipinski definition) is 0. The van der Waals surface area contributed by atoms with E-state index < -0.39 is 4.92 Å². The van der Waals surface area contributed by atoms with E-state index in [2.05, 4.69) is 4.98 Å². The molecule has 0 fully saturated rings. The molecule has 0 atom stereocenters. The summed E-state index contributed by atoms with van der Waals surface area (Å²) in [6.07, 6.45) is 5.54. The van der Waals surface area contributed by atoms with Crippen LogP contribution < -0.4 is 0 Å². The number of nitro groups is 1. The van der Waals surface area contributed by atoms with Gasteiger partial charge in [-0.15, -0.1) is 0 Å². The first-order valence-electron chi connectivity index (χ1n) is 3.94. The third kappa shape index (κ3) is 2.78. The summed E-state index contributed by atoms with van der Waals surface area (Å²) >= 11 is 0. The summed E-state index contributed by atoms with van der Waals surface area (Å²) in [4.78, 5) is 23.6. The van der Waals surface area contributed by atoms with E-state index >= 15 is 0 Å². The zero-order chi connectivity index (χ0) is 10.4. The van der Waals surface area contributed by atoms with E-state index in [-0.39, 0.29) is 5.69 Å². The number of carbonyl (C=O) groups excluding carboxylic acids is 1. The minimum atomic E-state index is -0.508. The van der Waals surface area contributed by atoms with E-state index in [4.69, 9.17) is 0 Å². The third-order valence-electron chi connectivity index (χ3n) is 1.50. The van der Waals surface area contributed by atoms with Gasteiger partial charge in [-0.2, -0.15) is 0 Å². The number of pyridine rings is 1. The summed E-state index contributed by atoms with van der Waals surface area (Å²) < 4.78 is 0. The van der Waals surface area contributed by atoms with E-state index in [1.165, 1.54) is 18.3 Å². The van der Waals surface area contributed by atoms with Gasteiger partial charge in [-0.25, -0.2) is 4.98 Å². The van der Waals surface area contributed by atoms with Crippen molar-refractivity contribution in [1.29, 1.82) is 0 Å². The second-order valence-electron chi connectivity index (χ2n) is 2.50. The molecule has 0 saturated heterocycles. The van der Waals surface area contributed by atoms with E-state index in [0.29, 0.717) is 12.1 Å². The first-order chi connectivity index (χ1) is 6.74. The number of carbonyl (C=O) groups is 1. The van der Waals surface area contributed by atoms with Crippen molar-refractivity contribution >= 4 is 18.0 Å². The van der Waals surface area contributed by atoms with Crippen molar-refractivity contribution in [1.82, 2.24) is 4.98 Å². The Hall–Kier alpha value is -2.04. The summed E-state index contributed by atoms with van der Waals surface area (Å²) in [5, 5.41) is 10.3. The van der Waals surface area contributed by atoms with Gasteiger partial charge < -0.3 is 4.79 Å². The topological polar surface area (TPSA) is 73.1 Å². The highest BCUT2D eigenvalue weighted by atomic mass is 16.6. The first kappa shape index (κ1) is 10.0. The molecular weight excluding hydrogens is 184 g/mol. The summed E-state index contributed by atoms with van der Waals surface area (Å²) in [7, 11) is 0. The number of aromatic nitrogens is 1. The van der Waals surface area contributed by atoms with Crippen LogP contribution >= 0.6 is 0 Å². The van der Waals surface area contributed by atoms with Crippen molar-refractivity contribution in [3.05, 3.63) is 40.2 Å². The third-order valence-corrected chi connectivity index (χ3v) is 1.50. The minimum absolute atomic E-state index is 0.0439. The quantitative estimate of drug-likeness (QED) is 0.412. The van der Waals surface area contributed by atoms with E-state index in [1.807, 2.05) is 0 Å². The smallest absolute Gasteiger partial charge is 0.287 e.